The molecule has 2 aromatic rings. The van der Waals surface area contributed by atoms with Gasteiger partial charge in [0.2, 0.25) is 0 Å². The molecule has 0 saturated carbocycles. The average Bonchev–Trinajstić information content (AvgIpc) is 2.27. The van der Waals surface area contributed by atoms with E-state index < -0.39 is 0 Å². The summed E-state index contributed by atoms with van der Waals surface area (Å²) in [6.45, 7) is 2.03. The maximum absolute atomic E-state index is 5.85. The van der Waals surface area contributed by atoms with Crippen LogP contribution in [0, 0.1) is 6.92 Å². The third kappa shape index (κ3) is 2.61. The van der Waals surface area contributed by atoms with Crippen molar-refractivity contribution in [3.63, 3.8) is 0 Å². The first-order chi connectivity index (χ1) is 7.65. The smallest absolute Gasteiger partial charge is 0.126 e. The van der Waals surface area contributed by atoms with Gasteiger partial charge in [-0.2, -0.15) is 0 Å². The van der Waals surface area contributed by atoms with Crippen molar-refractivity contribution < 1.29 is 0 Å². The number of nitrogen functional groups attached to an aromatic ring is 1. The molecule has 0 aliphatic heterocycles. The van der Waals surface area contributed by atoms with Gasteiger partial charge in [-0.05, 0) is 35.7 Å². The summed E-state index contributed by atoms with van der Waals surface area (Å²) in [5.41, 5.74) is 9.31. The second-order valence-electron chi connectivity index (χ2n) is 3.86. The fraction of sp³-hybridized carbons (Fsp3) is 0.154. The molecule has 0 radical (unpaired) electrons. The molecule has 0 amide bonds. The van der Waals surface area contributed by atoms with Crippen LogP contribution in [0.1, 0.15) is 16.7 Å². The van der Waals surface area contributed by atoms with Crippen LogP contribution in [-0.2, 0) is 6.42 Å². The number of rotatable bonds is 2. The Balaban J connectivity index is 2.26. The van der Waals surface area contributed by atoms with Gasteiger partial charge in [-0.3, -0.25) is 0 Å². The van der Waals surface area contributed by atoms with E-state index in [-0.39, 0.29) is 0 Å². The van der Waals surface area contributed by atoms with Gasteiger partial charge in [0.25, 0.3) is 0 Å². The molecule has 0 fully saturated rings. The summed E-state index contributed by atoms with van der Waals surface area (Å²) in [4.78, 5) is 4.16. The fourth-order valence-corrected chi connectivity index (χ4v) is 1.87. The summed E-state index contributed by atoms with van der Waals surface area (Å²) >= 11 is 3.42. The number of halogens is 1. The molecule has 0 aliphatic carbocycles. The fourth-order valence-electron chi connectivity index (χ4n) is 1.60. The minimum atomic E-state index is 0.619. The topological polar surface area (TPSA) is 38.9 Å². The molecule has 3 heteroatoms. The number of nitrogens with zero attached hydrogens (tertiary/aromatic N) is 1. The molecule has 2 rings (SSSR count). The van der Waals surface area contributed by atoms with Gasteiger partial charge in [0, 0.05) is 17.1 Å². The monoisotopic (exact) mass is 276 g/mol. The molecule has 0 spiro atoms. The van der Waals surface area contributed by atoms with E-state index in [1.807, 2.05) is 19.1 Å². The van der Waals surface area contributed by atoms with Crippen LogP contribution in [0.2, 0.25) is 0 Å². The third-order valence-corrected chi connectivity index (χ3v) is 2.97. The van der Waals surface area contributed by atoms with Crippen LogP contribution in [0.15, 0.2) is 41.0 Å². The van der Waals surface area contributed by atoms with E-state index in [2.05, 4.69) is 39.1 Å². The van der Waals surface area contributed by atoms with E-state index in [1.54, 1.807) is 6.20 Å². The van der Waals surface area contributed by atoms with Gasteiger partial charge in [0.15, 0.2) is 0 Å². The molecule has 0 saturated heterocycles. The molecule has 1 aromatic carbocycles. The first kappa shape index (κ1) is 11.1. The molecule has 2 nitrogen and oxygen atoms in total. The van der Waals surface area contributed by atoms with Gasteiger partial charge in [0.1, 0.15) is 5.82 Å². The van der Waals surface area contributed by atoms with Crippen molar-refractivity contribution in [1.29, 1.82) is 0 Å². The van der Waals surface area contributed by atoms with Gasteiger partial charge in [0.05, 0.1) is 0 Å². The van der Waals surface area contributed by atoms with Crippen LogP contribution >= 0.6 is 15.9 Å². The van der Waals surface area contributed by atoms with Crippen molar-refractivity contribution in [1.82, 2.24) is 4.98 Å². The van der Waals surface area contributed by atoms with Crippen LogP contribution in [0.4, 0.5) is 5.82 Å². The minimum absolute atomic E-state index is 0.619. The maximum atomic E-state index is 5.85. The van der Waals surface area contributed by atoms with E-state index >= 15 is 0 Å². The van der Waals surface area contributed by atoms with Gasteiger partial charge in [-0.15, -0.1) is 0 Å². The lowest BCUT2D eigenvalue weighted by Crippen LogP contribution is -1.99. The lowest BCUT2D eigenvalue weighted by Gasteiger charge is -2.06. The zero-order valence-corrected chi connectivity index (χ0v) is 10.7. The van der Waals surface area contributed by atoms with E-state index in [1.165, 1.54) is 5.56 Å². The van der Waals surface area contributed by atoms with E-state index in [4.69, 9.17) is 5.73 Å². The highest BCUT2D eigenvalue weighted by Gasteiger charge is 2.02. The Morgan fingerprint density at radius 3 is 2.62 bits per heavy atom. The predicted octanol–water partition coefficient (Wildman–Crippen LogP) is 3.33. The average molecular weight is 277 g/mol. The van der Waals surface area contributed by atoms with E-state index in [0.717, 1.165) is 22.0 Å². The van der Waals surface area contributed by atoms with Crippen LogP contribution in [0.5, 0.6) is 0 Å². The van der Waals surface area contributed by atoms with Crippen LogP contribution < -0.4 is 5.73 Å². The van der Waals surface area contributed by atoms with Crippen molar-refractivity contribution in [2.24, 2.45) is 0 Å². The lowest BCUT2D eigenvalue weighted by molar-refractivity contribution is 1.13. The molecule has 16 heavy (non-hydrogen) atoms. The Hall–Kier alpha value is -1.35. The third-order valence-electron chi connectivity index (χ3n) is 2.45. The molecule has 1 heterocycles. The lowest BCUT2D eigenvalue weighted by atomic mass is 10.0. The number of aryl methyl sites for hydroxylation is 1. The van der Waals surface area contributed by atoms with Crippen LogP contribution in [0.3, 0.4) is 0 Å². The normalized spacial score (nSPS) is 10.4. The second kappa shape index (κ2) is 4.66. The second-order valence-corrected chi connectivity index (χ2v) is 4.78. The zero-order valence-electron chi connectivity index (χ0n) is 9.07. The molecule has 0 unspecified atom stereocenters. The Morgan fingerprint density at radius 1 is 1.25 bits per heavy atom. The van der Waals surface area contributed by atoms with Crippen molar-refractivity contribution in [3.8, 4) is 0 Å². The van der Waals surface area contributed by atoms with Gasteiger partial charge < -0.3 is 5.73 Å². The summed E-state index contributed by atoms with van der Waals surface area (Å²) in [5, 5.41) is 0. The highest BCUT2D eigenvalue weighted by molar-refractivity contribution is 9.10. The van der Waals surface area contributed by atoms with Crippen molar-refractivity contribution in [3.05, 3.63) is 57.7 Å². The zero-order chi connectivity index (χ0) is 11.5. The summed E-state index contributed by atoms with van der Waals surface area (Å²) in [6, 6.07) is 10.3. The maximum Gasteiger partial charge on any atom is 0.126 e. The first-order valence-corrected chi connectivity index (χ1v) is 5.90. The van der Waals surface area contributed by atoms with Gasteiger partial charge in [-0.1, -0.05) is 34.1 Å². The van der Waals surface area contributed by atoms with Crippen molar-refractivity contribution >= 4 is 21.7 Å². The summed E-state index contributed by atoms with van der Waals surface area (Å²) < 4.78 is 1.09. The SMILES string of the molecule is Cc1cnc(N)c(Cc2ccc(Br)cc2)c1. The molecule has 82 valence electrons. The number of pyridine rings is 1. The molecular weight excluding hydrogens is 264 g/mol. The molecule has 0 bridgehead atoms. The quantitative estimate of drug-likeness (QED) is 0.914. The number of hydrogen-bond acceptors (Lipinski definition) is 2. The minimum Gasteiger partial charge on any atom is -0.383 e. The summed E-state index contributed by atoms with van der Waals surface area (Å²) in [7, 11) is 0. The highest BCUT2D eigenvalue weighted by Crippen LogP contribution is 2.17. The standard InChI is InChI=1S/C13H13BrN2/c1-9-6-11(13(15)16-8-9)7-10-2-4-12(14)5-3-10/h2-6,8H,7H2,1H3,(H2,15,16). The summed E-state index contributed by atoms with van der Waals surface area (Å²) in [5.74, 6) is 0.619. The molecular formula is C13H13BrN2. The van der Waals surface area contributed by atoms with Crippen LogP contribution in [-0.4, -0.2) is 4.98 Å². The Labute approximate surface area is 104 Å². The van der Waals surface area contributed by atoms with Gasteiger partial charge >= 0.3 is 0 Å². The van der Waals surface area contributed by atoms with Gasteiger partial charge in [-0.25, -0.2) is 4.98 Å². The van der Waals surface area contributed by atoms with Crippen molar-refractivity contribution in [2.75, 3.05) is 5.73 Å². The van der Waals surface area contributed by atoms with E-state index in [0.29, 0.717) is 5.82 Å². The Morgan fingerprint density at radius 2 is 1.94 bits per heavy atom. The van der Waals surface area contributed by atoms with Crippen LogP contribution in [0.25, 0.3) is 0 Å². The van der Waals surface area contributed by atoms with E-state index in [9.17, 15) is 0 Å². The molecule has 0 aliphatic rings. The number of anilines is 1. The Bertz CT molecular complexity index is 492. The molecule has 2 N–H and O–H groups in total. The number of aromatic nitrogens is 1. The summed E-state index contributed by atoms with van der Waals surface area (Å²) in [6.07, 6.45) is 2.62. The highest BCUT2D eigenvalue weighted by atomic mass is 79.9. The van der Waals surface area contributed by atoms with Crippen molar-refractivity contribution in [2.45, 2.75) is 13.3 Å². The largest absolute Gasteiger partial charge is 0.383 e. The number of nitrogens with two attached hydrogens (primary N) is 1. The Kier molecular flexibility index (Phi) is 3.25. The molecule has 0 atom stereocenters. The number of benzene rings is 1. The predicted molar refractivity (Wildman–Crippen MR) is 70.3 cm³/mol. The molecule has 1 aromatic heterocycles. The number of hydrogen-bond donors (Lipinski definition) is 1. The first-order valence-electron chi connectivity index (χ1n) is 5.10.